The lowest BCUT2D eigenvalue weighted by atomic mass is 9.94. The first-order chi connectivity index (χ1) is 8.53. The molecule has 1 amide bonds. The van der Waals surface area contributed by atoms with Gasteiger partial charge >= 0.3 is 5.97 Å². The Kier molecular flexibility index (Phi) is 6.73. The van der Waals surface area contributed by atoms with Gasteiger partial charge in [-0.15, -0.1) is 0 Å². The standard InChI is InChI=1S/C11H19NO3S3/c1-11(6-17-18-7-11)10(14)12-8(4-5-16-3)9(13)15-2/h8H,4-7H2,1-3H3,(H,12,14). The van der Waals surface area contributed by atoms with Crippen molar-refractivity contribution in [3.05, 3.63) is 0 Å². The molecule has 0 radical (unpaired) electrons. The van der Waals surface area contributed by atoms with Crippen molar-refractivity contribution in [1.82, 2.24) is 5.32 Å². The number of carbonyl (C=O) groups is 2. The number of ether oxygens (including phenoxy) is 1. The molecule has 1 aliphatic heterocycles. The molecule has 0 aromatic rings. The van der Waals surface area contributed by atoms with Crippen molar-refractivity contribution >= 4 is 45.2 Å². The molecule has 0 aromatic heterocycles. The molecule has 1 N–H and O–H groups in total. The van der Waals surface area contributed by atoms with Crippen LogP contribution in [0.5, 0.6) is 0 Å². The minimum Gasteiger partial charge on any atom is -0.467 e. The maximum absolute atomic E-state index is 12.2. The lowest BCUT2D eigenvalue weighted by Gasteiger charge is -2.24. The molecule has 7 heteroatoms. The number of hydrogen-bond acceptors (Lipinski definition) is 6. The van der Waals surface area contributed by atoms with Crippen LogP contribution in [0.4, 0.5) is 0 Å². The summed E-state index contributed by atoms with van der Waals surface area (Å²) in [7, 11) is 4.76. The van der Waals surface area contributed by atoms with Gasteiger partial charge in [0.1, 0.15) is 6.04 Å². The smallest absolute Gasteiger partial charge is 0.328 e. The normalized spacial score (nSPS) is 19.3. The Morgan fingerprint density at radius 1 is 1.44 bits per heavy atom. The fourth-order valence-electron chi connectivity index (χ4n) is 1.48. The molecule has 4 nitrogen and oxygen atoms in total. The van der Waals surface area contributed by atoms with E-state index in [9.17, 15) is 9.59 Å². The van der Waals surface area contributed by atoms with E-state index in [-0.39, 0.29) is 17.3 Å². The molecule has 1 saturated heterocycles. The summed E-state index contributed by atoms with van der Waals surface area (Å²) in [5, 5.41) is 2.83. The second-order valence-electron chi connectivity index (χ2n) is 4.42. The number of nitrogens with one attached hydrogen (secondary N) is 1. The number of rotatable bonds is 6. The van der Waals surface area contributed by atoms with E-state index in [1.807, 2.05) is 13.2 Å². The molecule has 1 atom stereocenters. The lowest BCUT2D eigenvalue weighted by Crippen LogP contribution is -2.49. The number of methoxy groups -OCH3 is 1. The SMILES string of the molecule is COC(=O)C(CCSC)NC(=O)C1(C)CSSC1. The van der Waals surface area contributed by atoms with Gasteiger partial charge in [0.2, 0.25) is 5.91 Å². The van der Waals surface area contributed by atoms with E-state index in [4.69, 9.17) is 4.74 Å². The number of carbonyl (C=O) groups excluding carboxylic acids is 2. The fraction of sp³-hybridized carbons (Fsp3) is 0.818. The molecular weight excluding hydrogens is 290 g/mol. The van der Waals surface area contributed by atoms with Crippen molar-refractivity contribution in [2.45, 2.75) is 19.4 Å². The molecular formula is C11H19NO3S3. The van der Waals surface area contributed by atoms with Gasteiger partial charge in [0.05, 0.1) is 12.5 Å². The molecule has 0 spiro atoms. The van der Waals surface area contributed by atoms with E-state index in [2.05, 4.69) is 5.32 Å². The molecule has 1 heterocycles. The Hall–Kier alpha value is -0.0100. The van der Waals surface area contributed by atoms with Gasteiger partial charge in [-0.1, -0.05) is 21.6 Å². The molecule has 18 heavy (non-hydrogen) atoms. The Balaban J connectivity index is 2.58. The minimum absolute atomic E-state index is 0.0449. The highest BCUT2D eigenvalue weighted by atomic mass is 33.1. The average Bonchev–Trinajstić information content (AvgIpc) is 2.81. The number of thioether (sulfide) groups is 1. The summed E-state index contributed by atoms with van der Waals surface area (Å²) in [4.78, 5) is 23.8. The quantitative estimate of drug-likeness (QED) is 0.596. The van der Waals surface area contributed by atoms with Gasteiger partial charge in [0, 0.05) is 11.5 Å². The maximum Gasteiger partial charge on any atom is 0.328 e. The topological polar surface area (TPSA) is 55.4 Å². The third-order valence-corrected chi connectivity index (χ3v) is 6.32. The second kappa shape index (κ2) is 7.55. The van der Waals surface area contributed by atoms with Gasteiger partial charge in [-0.25, -0.2) is 4.79 Å². The van der Waals surface area contributed by atoms with Crippen LogP contribution in [0, 0.1) is 5.41 Å². The van der Waals surface area contributed by atoms with Gasteiger partial charge in [-0.2, -0.15) is 11.8 Å². The van der Waals surface area contributed by atoms with Crippen molar-refractivity contribution in [3.8, 4) is 0 Å². The predicted octanol–water partition coefficient (Wildman–Crippen LogP) is 1.80. The molecule has 0 saturated carbocycles. The Morgan fingerprint density at radius 3 is 2.56 bits per heavy atom. The summed E-state index contributed by atoms with van der Waals surface area (Å²) in [6, 6.07) is -0.526. The highest BCUT2D eigenvalue weighted by Gasteiger charge is 2.39. The molecule has 104 valence electrons. The van der Waals surface area contributed by atoms with Gasteiger partial charge < -0.3 is 10.1 Å². The van der Waals surface area contributed by atoms with E-state index >= 15 is 0 Å². The van der Waals surface area contributed by atoms with Crippen LogP contribution in [0.2, 0.25) is 0 Å². The van der Waals surface area contributed by atoms with Crippen LogP contribution in [-0.4, -0.2) is 48.5 Å². The van der Waals surface area contributed by atoms with E-state index in [0.29, 0.717) is 6.42 Å². The van der Waals surface area contributed by atoms with Crippen molar-refractivity contribution in [1.29, 1.82) is 0 Å². The highest BCUT2D eigenvalue weighted by Crippen LogP contribution is 2.43. The van der Waals surface area contributed by atoms with Crippen molar-refractivity contribution in [3.63, 3.8) is 0 Å². The first-order valence-corrected chi connectivity index (χ1v) is 9.54. The third kappa shape index (κ3) is 4.28. The van der Waals surface area contributed by atoms with Crippen molar-refractivity contribution in [2.75, 3.05) is 30.6 Å². The minimum atomic E-state index is -0.526. The maximum atomic E-state index is 12.2. The van der Waals surface area contributed by atoms with Crippen LogP contribution in [-0.2, 0) is 14.3 Å². The van der Waals surface area contributed by atoms with Gasteiger partial charge in [-0.3, -0.25) is 4.79 Å². The Labute approximate surface area is 120 Å². The largest absolute Gasteiger partial charge is 0.467 e. The van der Waals surface area contributed by atoms with Crippen molar-refractivity contribution in [2.24, 2.45) is 5.41 Å². The number of hydrogen-bond donors (Lipinski definition) is 1. The van der Waals surface area contributed by atoms with Gasteiger partial charge in [0.15, 0.2) is 0 Å². The first-order valence-electron chi connectivity index (χ1n) is 5.65. The van der Waals surface area contributed by atoms with E-state index in [0.717, 1.165) is 17.3 Å². The molecule has 1 aliphatic rings. The molecule has 1 rings (SSSR count). The summed E-state index contributed by atoms with van der Waals surface area (Å²) in [5.41, 5.74) is -0.374. The third-order valence-electron chi connectivity index (χ3n) is 2.79. The average molecular weight is 309 g/mol. The Morgan fingerprint density at radius 2 is 2.06 bits per heavy atom. The zero-order chi connectivity index (χ0) is 13.6. The number of esters is 1. The first kappa shape index (κ1) is 16.0. The summed E-state index contributed by atoms with van der Waals surface area (Å²) < 4.78 is 4.73. The lowest BCUT2D eigenvalue weighted by molar-refractivity contribution is -0.146. The molecule has 0 bridgehead atoms. The van der Waals surface area contributed by atoms with Crippen molar-refractivity contribution < 1.29 is 14.3 Å². The summed E-state index contributed by atoms with van der Waals surface area (Å²) >= 11 is 1.65. The van der Waals surface area contributed by atoms with Gasteiger partial charge in [-0.05, 0) is 25.4 Å². The zero-order valence-corrected chi connectivity index (χ0v) is 13.3. The Bertz CT molecular complexity index is 306. The van der Waals surface area contributed by atoms with Crippen LogP contribution < -0.4 is 5.32 Å². The zero-order valence-electron chi connectivity index (χ0n) is 10.9. The van der Waals surface area contributed by atoms with Crippen LogP contribution in [0.3, 0.4) is 0 Å². The van der Waals surface area contributed by atoms with E-state index < -0.39 is 6.04 Å². The molecule has 0 aliphatic carbocycles. The van der Waals surface area contributed by atoms with Crippen LogP contribution in [0.15, 0.2) is 0 Å². The highest BCUT2D eigenvalue weighted by molar-refractivity contribution is 8.77. The second-order valence-corrected chi connectivity index (χ2v) is 7.86. The number of amides is 1. The summed E-state index contributed by atoms with van der Waals surface area (Å²) in [6.45, 7) is 1.94. The van der Waals surface area contributed by atoms with Gasteiger partial charge in [0.25, 0.3) is 0 Å². The summed E-state index contributed by atoms with van der Waals surface area (Å²) in [6.07, 6.45) is 2.58. The predicted molar refractivity (Wildman–Crippen MR) is 80.0 cm³/mol. The molecule has 1 fully saturated rings. The fourth-order valence-corrected chi connectivity index (χ4v) is 5.29. The summed E-state index contributed by atoms with van der Waals surface area (Å²) in [5.74, 6) is 2.00. The van der Waals surface area contributed by atoms with E-state index in [1.54, 1.807) is 33.3 Å². The van der Waals surface area contributed by atoms with Crippen LogP contribution in [0.1, 0.15) is 13.3 Å². The van der Waals surface area contributed by atoms with Crippen LogP contribution >= 0.6 is 33.3 Å². The molecule has 0 aromatic carbocycles. The van der Waals surface area contributed by atoms with Crippen LogP contribution in [0.25, 0.3) is 0 Å². The monoisotopic (exact) mass is 309 g/mol. The van der Waals surface area contributed by atoms with E-state index in [1.165, 1.54) is 7.11 Å². The molecule has 1 unspecified atom stereocenters.